The third-order valence-electron chi connectivity index (χ3n) is 4.59. The molecule has 2 aliphatic heterocycles. The lowest BCUT2D eigenvalue weighted by Gasteiger charge is -2.30. The van der Waals surface area contributed by atoms with Crippen LogP contribution in [0.4, 0.5) is 23.5 Å². The Kier molecular flexibility index (Phi) is 6.65. The highest BCUT2D eigenvalue weighted by atomic mass is 35.5. The molecule has 0 radical (unpaired) electrons. The second kappa shape index (κ2) is 9.16. The Morgan fingerprint density at radius 1 is 0.815 bits per heavy atom. The SMILES string of the molecule is Cc1ccccc1Nc1nc(N2CCOCC2)nc(N2CCOCC2)n1.[Cl-]. The lowest BCUT2D eigenvalue weighted by molar-refractivity contribution is -0.00000701. The van der Waals surface area contributed by atoms with Crippen LogP contribution in [0.2, 0.25) is 0 Å². The van der Waals surface area contributed by atoms with Crippen molar-refractivity contribution in [1.29, 1.82) is 0 Å². The van der Waals surface area contributed by atoms with Crippen molar-refractivity contribution in [3.63, 3.8) is 0 Å². The number of nitrogens with zero attached hydrogens (tertiary/aromatic N) is 5. The quantitative estimate of drug-likeness (QED) is 0.682. The molecule has 4 rings (SSSR count). The van der Waals surface area contributed by atoms with E-state index in [2.05, 4.69) is 38.1 Å². The Hall–Kier alpha value is -2.16. The summed E-state index contributed by atoms with van der Waals surface area (Å²) in [6.07, 6.45) is 0. The van der Waals surface area contributed by atoms with Crippen LogP contribution >= 0.6 is 0 Å². The molecule has 8 nitrogen and oxygen atoms in total. The number of hydrogen-bond donors (Lipinski definition) is 1. The largest absolute Gasteiger partial charge is 1.00 e. The molecule has 1 N–H and O–H groups in total. The number of anilines is 4. The van der Waals surface area contributed by atoms with Gasteiger partial charge in [-0.2, -0.15) is 15.0 Å². The predicted molar refractivity (Wildman–Crippen MR) is 100 cm³/mol. The van der Waals surface area contributed by atoms with E-state index in [1.165, 1.54) is 0 Å². The summed E-state index contributed by atoms with van der Waals surface area (Å²) in [6, 6.07) is 8.12. The van der Waals surface area contributed by atoms with Gasteiger partial charge in [0.2, 0.25) is 17.8 Å². The minimum atomic E-state index is 0. The lowest BCUT2D eigenvalue weighted by atomic mass is 10.2. The zero-order chi connectivity index (χ0) is 17.8. The minimum Gasteiger partial charge on any atom is -1.00 e. The highest BCUT2D eigenvalue weighted by molar-refractivity contribution is 5.60. The Morgan fingerprint density at radius 2 is 1.33 bits per heavy atom. The topological polar surface area (TPSA) is 75.6 Å². The van der Waals surface area contributed by atoms with Crippen LogP contribution in [0.3, 0.4) is 0 Å². The average molecular weight is 392 g/mol. The molecular weight excluding hydrogens is 368 g/mol. The fourth-order valence-electron chi connectivity index (χ4n) is 3.05. The van der Waals surface area contributed by atoms with Crippen molar-refractivity contribution >= 4 is 23.5 Å². The molecule has 2 aromatic rings. The maximum Gasteiger partial charge on any atom is 0.233 e. The number of para-hydroxylation sites is 1. The Morgan fingerprint density at radius 3 is 1.85 bits per heavy atom. The van der Waals surface area contributed by atoms with Gasteiger partial charge in [0.1, 0.15) is 0 Å². The number of nitrogens with one attached hydrogen (secondary N) is 1. The highest BCUT2D eigenvalue weighted by Gasteiger charge is 2.20. The van der Waals surface area contributed by atoms with Gasteiger partial charge < -0.3 is 37.0 Å². The number of benzene rings is 1. The predicted octanol–water partition coefficient (Wildman–Crippen LogP) is -1.40. The molecule has 9 heteroatoms. The molecule has 27 heavy (non-hydrogen) atoms. The normalized spacial score (nSPS) is 17.4. The van der Waals surface area contributed by atoms with Gasteiger partial charge in [-0.05, 0) is 18.6 Å². The molecule has 0 atom stereocenters. The molecule has 1 aromatic carbocycles. The third kappa shape index (κ3) is 4.77. The van der Waals surface area contributed by atoms with Gasteiger partial charge in [-0.15, -0.1) is 0 Å². The minimum absolute atomic E-state index is 0. The fourth-order valence-corrected chi connectivity index (χ4v) is 3.05. The summed E-state index contributed by atoms with van der Waals surface area (Å²) in [4.78, 5) is 18.4. The zero-order valence-corrected chi connectivity index (χ0v) is 16.2. The number of morpholine rings is 2. The molecular formula is C18H24ClN6O2-. The number of rotatable bonds is 4. The summed E-state index contributed by atoms with van der Waals surface area (Å²) >= 11 is 0. The summed E-state index contributed by atoms with van der Waals surface area (Å²) in [6.45, 7) is 7.99. The van der Waals surface area contributed by atoms with Crippen LogP contribution in [0.5, 0.6) is 0 Å². The standard InChI is InChI=1S/C18H24N6O2.ClH/c1-14-4-2-3-5-15(14)19-16-20-17(23-6-10-25-11-7-23)22-18(21-16)24-8-12-26-13-9-24;/h2-5H,6-13H2,1H3,(H,19,20,21,22);1H/p-1. The van der Waals surface area contributed by atoms with Crippen LogP contribution < -0.4 is 27.5 Å². The Labute approximate surface area is 165 Å². The smallest absolute Gasteiger partial charge is 0.233 e. The van der Waals surface area contributed by atoms with E-state index in [9.17, 15) is 0 Å². The van der Waals surface area contributed by atoms with Crippen LogP contribution in [0.25, 0.3) is 0 Å². The van der Waals surface area contributed by atoms with Gasteiger partial charge in [0.25, 0.3) is 0 Å². The third-order valence-corrected chi connectivity index (χ3v) is 4.59. The van der Waals surface area contributed by atoms with Crippen molar-refractivity contribution in [3.05, 3.63) is 29.8 Å². The van der Waals surface area contributed by atoms with Gasteiger partial charge in [0, 0.05) is 31.9 Å². The van der Waals surface area contributed by atoms with Gasteiger partial charge in [0.05, 0.1) is 26.4 Å². The molecule has 0 saturated carbocycles. The number of aryl methyl sites for hydroxylation is 1. The highest BCUT2D eigenvalue weighted by Crippen LogP contribution is 2.22. The zero-order valence-electron chi connectivity index (χ0n) is 15.4. The average Bonchev–Trinajstić information content (AvgIpc) is 2.71. The van der Waals surface area contributed by atoms with Crippen molar-refractivity contribution in [2.24, 2.45) is 0 Å². The van der Waals surface area contributed by atoms with E-state index in [1.54, 1.807) is 0 Å². The molecule has 0 spiro atoms. The molecule has 0 bridgehead atoms. The van der Waals surface area contributed by atoms with Crippen LogP contribution in [-0.2, 0) is 9.47 Å². The number of hydrogen-bond acceptors (Lipinski definition) is 8. The van der Waals surface area contributed by atoms with E-state index >= 15 is 0 Å². The van der Waals surface area contributed by atoms with E-state index in [0.29, 0.717) is 44.3 Å². The van der Waals surface area contributed by atoms with Crippen LogP contribution in [0.1, 0.15) is 5.56 Å². The summed E-state index contributed by atoms with van der Waals surface area (Å²) in [5, 5.41) is 3.35. The van der Waals surface area contributed by atoms with E-state index in [0.717, 1.165) is 37.4 Å². The molecule has 0 aliphatic carbocycles. The number of aromatic nitrogens is 3. The molecule has 2 fully saturated rings. The second-order valence-electron chi connectivity index (χ2n) is 6.40. The van der Waals surface area contributed by atoms with Crippen molar-refractivity contribution in [2.45, 2.75) is 6.92 Å². The first kappa shape index (κ1) is 19.6. The molecule has 1 aromatic heterocycles. The Balaban J connectivity index is 0.00000210. The summed E-state index contributed by atoms with van der Waals surface area (Å²) in [7, 11) is 0. The maximum atomic E-state index is 5.45. The van der Waals surface area contributed by atoms with Crippen LogP contribution in [0, 0.1) is 6.92 Å². The first-order valence-corrected chi connectivity index (χ1v) is 9.04. The number of halogens is 1. The van der Waals surface area contributed by atoms with Gasteiger partial charge >= 0.3 is 0 Å². The second-order valence-corrected chi connectivity index (χ2v) is 6.40. The first-order chi connectivity index (χ1) is 12.8. The van der Waals surface area contributed by atoms with E-state index in [-0.39, 0.29) is 12.4 Å². The molecule has 3 heterocycles. The van der Waals surface area contributed by atoms with E-state index in [1.807, 2.05) is 18.2 Å². The van der Waals surface area contributed by atoms with E-state index < -0.39 is 0 Å². The van der Waals surface area contributed by atoms with Crippen molar-refractivity contribution in [2.75, 3.05) is 67.7 Å². The Bertz CT molecular complexity index is 714. The van der Waals surface area contributed by atoms with Crippen molar-refractivity contribution < 1.29 is 21.9 Å². The van der Waals surface area contributed by atoms with Gasteiger partial charge in [-0.25, -0.2) is 0 Å². The first-order valence-electron chi connectivity index (χ1n) is 9.04. The molecule has 146 valence electrons. The van der Waals surface area contributed by atoms with E-state index in [4.69, 9.17) is 14.5 Å². The van der Waals surface area contributed by atoms with Gasteiger partial charge in [-0.3, -0.25) is 0 Å². The van der Waals surface area contributed by atoms with Gasteiger partial charge in [-0.1, -0.05) is 18.2 Å². The fraction of sp³-hybridized carbons (Fsp3) is 0.500. The maximum absolute atomic E-state index is 5.45. The lowest BCUT2D eigenvalue weighted by Crippen LogP contribution is -3.00. The molecule has 2 aliphatic rings. The molecule has 0 amide bonds. The summed E-state index contributed by atoms with van der Waals surface area (Å²) in [5.74, 6) is 1.96. The van der Waals surface area contributed by atoms with Crippen LogP contribution in [-0.4, -0.2) is 67.6 Å². The molecule has 0 unspecified atom stereocenters. The van der Waals surface area contributed by atoms with Gasteiger partial charge in [0.15, 0.2) is 0 Å². The van der Waals surface area contributed by atoms with Crippen molar-refractivity contribution in [1.82, 2.24) is 15.0 Å². The molecule has 2 saturated heterocycles. The van der Waals surface area contributed by atoms with Crippen LogP contribution in [0.15, 0.2) is 24.3 Å². The van der Waals surface area contributed by atoms with Crippen molar-refractivity contribution in [3.8, 4) is 0 Å². The number of ether oxygens (including phenoxy) is 2. The summed E-state index contributed by atoms with van der Waals surface area (Å²) in [5.41, 5.74) is 2.15. The monoisotopic (exact) mass is 391 g/mol. The summed E-state index contributed by atoms with van der Waals surface area (Å²) < 4.78 is 10.9.